The van der Waals surface area contributed by atoms with Crippen molar-refractivity contribution in [2.75, 3.05) is 25.2 Å². The number of sulfone groups is 1. The molecule has 1 atom stereocenters. The Balaban J connectivity index is 2.05. The molecule has 118 valence electrons. The van der Waals surface area contributed by atoms with Crippen molar-refractivity contribution in [1.29, 1.82) is 0 Å². The van der Waals surface area contributed by atoms with E-state index in [4.69, 9.17) is 4.74 Å². The topological polar surface area (TPSA) is 75.6 Å². The minimum Gasteiger partial charge on any atom is -0.495 e. The van der Waals surface area contributed by atoms with E-state index in [2.05, 4.69) is 5.32 Å². The number of rotatable bonds is 6. The molecule has 0 aliphatic carbocycles. The van der Waals surface area contributed by atoms with Crippen LogP contribution in [0.2, 0.25) is 0 Å². The fraction of sp³-hybridized carbons (Fsp3) is 0.250. The Kier molecular flexibility index (Phi) is 5.05. The number of aliphatic hydroxyl groups is 1. The minimum atomic E-state index is -3.22. The highest BCUT2D eigenvalue weighted by atomic mass is 32.2. The molecular weight excluding hydrogens is 302 g/mol. The molecule has 0 bridgehead atoms. The largest absolute Gasteiger partial charge is 0.495 e. The van der Waals surface area contributed by atoms with Gasteiger partial charge in [-0.25, -0.2) is 8.42 Å². The number of hydrogen-bond donors (Lipinski definition) is 2. The predicted molar refractivity (Wildman–Crippen MR) is 86.0 cm³/mol. The lowest BCUT2D eigenvalue weighted by atomic mass is 10.1. The van der Waals surface area contributed by atoms with Crippen LogP contribution < -0.4 is 10.1 Å². The molecule has 0 aliphatic heterocycles. The second-order valence-electron chi connectivity index (χ2n) is 4.94. The second kappa shape index (κ2) is 6.81. The molecule has 22 heavy (non-hydrogen) atoms. The van der Waals surface area contributed by atoms with Gasteiger partial charge < -0.3 is 15.2 Å². The van der Waals surface area contributed by atoms with Crippen LogP contribution in [0.4, 0.5) is 5.69 Å². The van der Waals surface area contributed by atoms with Crippen molar-refractivity contribution in [3.05, 3.63) is 54.1 Å². The van der Waals surface area contributed by atoms with Crippen molar-refractivity contribution in [1.82, 2.24) is 0 Å². The van der Waals surface area contributed by atoms with Gasteiger partial charge in [-0.3, -0.25) is 0 Å². The molecule has 6 heteroatoms. The summed E-state index contributed by atoms with van der Waals surface area (Å²) in [6.07, 6.45) is 0.403. The van der Waals surface area contributed by atoms with Gasteiger partial charge >= 0.3 is 0 Å². The van der Waals surface area contributed by atoms with Crippen molar-refractivity contribution >= 4 is 15.5 Å². The van der Waals surface area contributed by atoms with E-state index in [0.717, 1.165) is 11.9 Å². The van der Waals surface area contributed by atoms with Crippen LogP contribution >= 0.6 is 0 Å². The number of nitrogens with one attached hydrogen (secondary N) is 1. The monoisotopic (exact) mass is 321 g/mol. The number of hydrogen-bond acceptors (Lipinski definition) is 5. The van der Waals surface area contributed by atoms with Gasteiger partial charge in [0.25, 0.3) is 0 Å². The standard InChI is InChI=1S/C16H19NO4S/c1-21-16-6-4-3-5-14(16)17-11-15(18)12-7-9-13(10-8-12)22(2,19)20/h3-10,15,17-18H,11H2,1-2H3/t15-/m0/s1. The number of benzene rings is 2. The van der Waals surface area contributed by atoms with Crippen LogP contribution in [-0.4, -0.2) is 33.4 Å². The molecule has 0 fully saturated rings. The van der Waals surface area contributed by atoms with Gasteiger partial charge in [0.2, 0.25) is 0 Å². The van der Waals surface area contributed by atoms with Crippen molar-refractivity contribution in [2.45, 2.75) is 11.0 Å². The third-order valence-corrected chi connectivity index (χ3v) is 4.41. The van der Waals surface area contributed by atoms with Gasteiger partial charge in [-0.05, 0) is 29.8 Å². The Labute approximate surface area is 130 Å². The van der Waals surface area contributed by atoms with Crippen LogP contribution in [0.3, 0.4) is 0 Å². The predicted octanol–water partition coefficient (Wildman–Crippen LogP) is 2.24. The van der Waals surface area contributed by atoms with E-state index in [-0.39, 0.29) is 4.90 Å². The average molecular weight is 321 g/mol. The summed E-state index contributed by atoms with van der Waals surface area (Å²) in [4.78, 5) is 0.237. The van der Waals surface area contributed by atoms with Crippen LogP contribution in [0, 0.1) is 0 Å². The first-order valence-electron chi connectivity index (χ1n) is 6.77. The smallest absolute Gasteiger partial charge is 0.175 e. The summed E-state index contributed by atoms with van der Waals surface area (Å²) in [5, 5.41) is 13.3. The summed E-state index contributed by atoms with van der Waals surface area (Å²) >= 11 is 0. The van der Waals surface area contributed by atoms with Crippen molar-refractivity contribution in [3.8, 4) is 5.75 Å². The second-order valence-corrected chi connectivity index (χ2v) is 6.95. The van der Waals surface area contributed by atoms with Gasteiger partial charge in [0.05, 0.1) is 23.8 Å². The highest BCUT2D eigenvalue weighted by Gasteiger charge is 2.11. The van der Waals surface area contributed by atoms with Gasteiger partial charge in [-0.2, -0.15) is 0 Å². The van der Waals surface area contributed by atoms with E-state index in [9.17, 15) is 13.5 Å². The normalized spacial score (nSPS) is 12.7. The number of ether oxygens (including phenoxy) is 1. The van der Waals surface area contributed by atoms with Gasteiger partial charge in [0, 0.05) is 12.8 Å². The van der Waals surface area contributed by atoms with E-state index in [1.807, 2.05) is 24.3 Å². The molecule has 2 aromatic carbocycles. The molecule has 2 rings (SSSR count). The Hall–Kier alpha value is -2.05. The molecular formula is C16H19NO4S. The highest BCUT2D eigenvalue weighted by Crippen LogP contribution is 2.24. The fourth-order valence-corrected chi connectivity index (χ4v) is 2.68. The number of para-hydroxylation sites is 2. The molecule has 0 unspecified atom stereocenters. The minimum absolute atomic E-state index is 0.237. The number of methoxy groups -OCH3 is 1. The molecule has 2 aromatic rings. The molecule has 0 saturated carbocycles. The van der Waals surface area contributed by atoms with Gasteiger partial charge in [0.1, 0.15) is 5.75 Å². The van der Waals surface area contributed by atoms with Crippen LogP contribution in [0.5, 0.6) is 5.75 Å². The highest BCUT2D eigenvalue weighted by molar-refractivity contribution is 7.90. The molecule has 0 aliphatic rings. The first kappa shape index (κ1) is 16.3. The number of anilines is 1. The zero-order valence-corrected chi connectivity index (χ0v) is 13.3. The van der Waals surface area contributed by atoms with Crippen LogP contribution in [0.1, 0.15) is 11.7 Å². The summed E-state index contributed by atoms with van der Waals surface area (Å²) in [7, 11) is -1.64. The lowest BCUT2D eigenvalue weighted by Crippen LogP contribution is -2.12. The zero-order chi connectivity index (χ0) is 16.2. The summed E-state index contributed by atoms with van der Waals surface area (Å²) in [5.41, 5.74) is 1.44. The molecule has 5 nitrogen and oxygen atoms in total. The SMILES string of the molecule is COc1ccccc1NC[C@H](O)c1ccc(S(C)(=O)=O)cc1. The van der Waals surface area contributed by atoms with Crippen LogP contribution in [0.25, 0.3) is 0 Å². The summed E-state index contributed by atoms with van der Waals surface area (Å²) < 4.78 is 28.0. The van der Waals surface area contributed by atoms with Crippen LogP contribution in [-0.2, 0) is 9.84 Å². The van der Waals surface area contributed by atoms with Crippen molar-refractivity contribution < 1.29 is 18.3 Å². The van der Waals surface area contributed by atoms with Crippen LogP contribution in [0.15, 0.2) is 53.4 Å². The van der Waals surface area contributed by atoms with Gasteiger partial charge in [-0.1, -0.05) is 24.3 Å². The molecule has 0 amide bonds. The van der Waals surface area contributed by atoms with E-state index >= 15 is 0 Å². The van der Waals surface area contributed by atoms with Gasteiger partial charge in [0.15, 0.2) is 9.84 Å². The van der Waals surface area contributed by atoms with E-state index < -0.39 is 15.9 Å². The summed E-state index contributed by atoms with van der Waals surface area (Å²) in [6, 6.07) is 13.7. The number of aliphatic hydroxyl groups excluding tert-OH is 1. The van der Waals surface area contributed by atoms with E-state index in [1.54, 1.807) is 19.2 Å². The average Bonchev–Trinajstić information content (AvgIpc) is 2.52. The Morgan fingerprint density at radius 3 is 2.36 bits per heavy atom. The third kappa shape index (κ3) is 3.99. The van der Waals surface area contributed by atoms with Crippen molar-refractivity contribution in [3.63, 3.8) is 0 Å². The van der Waals surface area contributed by atoms with Crippen molar-refractivity contribution in [2.24, 2.45) is 0 Å². The lowest BCUT2D eigenvalue weighted by Gasteiger charge is -2.15. The molecule has 0 saturated heterocycles. The molecule has 0 aromatic heterocycles. The molecule has 2 N–H and O–H groups in total. The van der Waals surface area contributed by atoms with Gasteiger partial charge in [-0.15, -0.1) is 0 Å². The Morgan fingerprint density at radius 1 is 1.14 bits per heavy atom. The summed E-state index contributed by atoms with van der Waals surface area (Å²) in [6.45, 7) is 0.290. The van der Waals surface area contributed by atoms with E-state index in [1.165, 1.54) is 12.1 Å². The fourth-order valence-electron chi connectivity index (χ4n) is 2.05. The molecule has 0 heterocycles. The summed E-state index contributed by atoms with van der Waals surface area (Å²) in [5.74, 6) is 0.696. The first-order chi connectivity index (χ1) is 10.4. The van der Waals surface area contributed by atoms with E-state index in [0.29, 0.717) is 17.9 Å². The Bertz CT molecular complexity index is 726. The maximum Gasteiger partial charge on any atom is 0.175 e. The molecule has 0 radical (unpaired) electrons. The maximum absolute atomic E-state index is 11.4. The zero-order valence-electron chi connectivity index (χ0n) is 12.5. The Morgan fingerprint density at radius 2 is 1.77 bits per heavy atom. The maximum atomic E-state index is 11.4. The molecule has 0 spiro atoms. The lowest BCUT2D eigenvalue weighted by molar-refractivity contribution is 0.191. The third-order valence-electron chi connectivity index (χ3n) is 3.29. The quantitative estimate of drug-likeness (QED) is 0.853. The first-order valence-corrected chi connectivity index (χ1v) is 8.66.